The lowest BCUT2D eigenvalue weighted by atomic mass is 10.1. The lowest BCUT2D eigenvalue weighted by Gasteiger charge is -2.10. The Morgan fingerprint density at radius 3 is 2.50 bits per heavy atom. The number of rotatable bonds is 4. The number of ether oxygens (including phenoxy) is 1. The van der Waals surface area contributed by atoms with Crippen molar-refractivity contribution in [3.05, 3.63) is 50.7 Å². The van der Waals surface area contributed by atoms with Gasteiger partial charge in [-0.25, -0.2) is 0 Å². The van der Waals surface area contributed by atoms with Crippen molar-refractivity contribution in [2.24, 2.45) is 5.73 Å². The van der Waals surface area contributed by atoms with Crippen LogP contribution in [0.25, 0.3) is 0 Å². The molecule has 1 aromatic heterocycles. The second kappa shape index (κ2) is 5.74. The Kier molecular flexibility index (Phi) is 4.27. The van der Waals surface area contributed by atoms with Crippen molar-refractivity contribution >= 4 is 22.9 Å². The second-order valence-electron chi connectivity index (χ2n) is 4.26. The maximum Gasteiger partial charge on any atom is 0.118 e. The molecule has 2 N–H and O–H groups in total. The first-order valence-corrected chi connectivity index (χ1v) is 6.94. The van der Waals surface area contributed by atoms with Gasteiger partial charge in [0.05, 0.1) is 11.4 Å². The minimum atomic E-state index is -0.00500. The zero-order valence-corrected chi connectivity index (χ0v) is 12.0. The van der Waals surface area contributed by atoms with E-state index >= 15 is 0 Å². The van der Waals surface area contributed by atoms with E-state index in [9.17, 15) is 0 Å². The van der Waals surface area contributed by atoms with Crippen molar-refractivity contribution < 1.29 is 4.74 Å². The number of benzene rings is 1. The number of aryl methyl sites for hydroxylation is 1. The highest BCUT2D eigenvalue weighted by Crippen LogP contribution is 2.31. The summed E-state index contributed by atoms with van der Waals surface area (Å²) in [7, 11) is 1.66. The van der Waals surface area contributed by atoms with Crippen molar-refractivity contribution in [3.8, 4) is 5.75 Å². The van der Waals surface area contributed by atoms with E-state index in [1.54, 1.807) is 18.4 Å². The second-order valence-corrected chi connectivity index (χ2v) is 5.95. The van der Waals surface area contributed by atoms with Crippen LogP contribution < -0.4 is 10.5 Å². The van der Waals surface area contributed by atoms with E-state index in [2.05, 4.69) is 6.07 Å². The van der Waals surface area contributed by atoms with Crippen molar-refractivity contribution in [1.29, 1.82) is 0 Å². The van der Waals surface area contributed by atoms with E-state index in [4.69, 9.17) is 22.1 Å². The number of nitrogens with two attached hydrogens (primary N) is 1. The highest BCUT2D eigenvalue weighted by molar-refractivity contribution is 7.16. The summed E-state index contributed by atoms with van der Waals surface area (Å²) >= 11 is 7.63. The van der Waals surface area contributed by atoms with Gasteiger partial charge in [-0.3, -0.25) is 0 Å². The van der Waals surface area contributed by atoms with E-state index in [-0.39, 0.29) is 6.04 Å². The molecule has 1 unspecified atom stereocenters. The largest absolute Gasteiger partial charge is 0.497 e. The van der Waals surface area contributed by atoms with Crippen LogP contribution in [0.4, 0.5) is 0 Å². The SMILES string of the molecule is COc1ccc(CC(N)c2cc(C)c(Cl)s2)cc1. The number of hydrogen-bond donors (Lipinski definition) is 1. The summed E-state index contributed by atoms with van der Waals surface area (Å²) in [5.41, 5.74) is 8.50. The maximum atomic E-state index is 6.20. The number of methoxy groups -OCH3 is 1. The third kappa shape index (κ3) is 3.05. The molecule has 2 rings (SSSR count). The van der Waals surface area contributed by atoms with E-state index in [0.29, 0.717) is 0 Å². The van der Waals surface area contributed by atoms with Gasteiger partial charge in [0.2, 0.25) is 0 Å². The Morgan fingerprint density at radius 1 is 1.33 bits per heavy atom. The molecule has 0 fully saturated rings. The van der Waals surface area contributed by atoms with E-state index in [1.165, 1.54) is 5.56 Å². The molecule has 0 radical (unpaired) electrons. The molecule has 4 heteroatoms. The monoisotopic (exact) mass is 281 g/mol. The van der Waals surface area contributed by atoms with Crippen LogP contribution in [0.15, 0.2) is 30.3 Å². The molecule has 2 aromatic rings. The first kappa shape index (κ1) is 13.4. The number of thiophene rings is 1. The Morgan fingerprint density at radius 2 is 2.00 bits per heavy atom. The molecule has 0 saturated carbocycles. The van der Waals surface area contributed by atoms with Crippen LogP contribution in [0.1, 0.15) is 22.0 Å². The van der Waals surface area contributed by atoms with Crippen LogP contribution >= 0.6 is 22.9 Å². The summed E-state index contributed by atoms with van der Waals surface area (Å²) in [5, 5.41) is 0. The average Bonchev–Trinajstić information content (AvgIpc) is 2.71. The quantitative estimate of drug-likeness (QED) is 0.921. The van der Waals surface area contributed by atoms with Crippen molar-refractivity contribution in [3.63, 3.8) is 0 Å². The topological polar surface area (TPSA) is 35.2 Å². The zero-order valence-electron chi connectivity index (χ0n) is 10.4. The highest BCUT2D eigenvalue weighted by Gasteiger charge is 2.12. The molecule has 0 bridgehead atoms. The van der Waals surface area contributed by atoms with Crippen molar-refractivity contribution in [2.75, 3.05) is 7.11 Å². The summed E-state index contributed by atoms with van der Waals surface area (Å²) in [4.78, 5) is 1.13. The number of halogens is 1. The fourth-order valence-electron chi connectivity index (χ4n) is 1.78. The molecule has 0 spiro atoms. The van der Waals surface area contributed by atoms with Gasteiger partial charge in [0.25, 0.3) is 0 Å². The predicted molar refractivity (Wildman–Crippen MR) is 77.7 cm³/mol. The summed E-state index contributed by atoms with van der Waals surface area (Å²) < 4.78 is 5.96. The van der Waals surface area contributed by atoms with Crippen LogP contribution in [-0.2, 0) is 6.42 Å². The van der Waals surface area contributed by atoms with Gasteiger partial charge in [-0.05, 0) is 42.7 Å². The summed E-state index contributed by atoms with van der Waals surface area (Å²) in [6.45, 7) is 2.00. The number of hydrogen-bond acceptors (Lipinski definition) is 3. The van der Waals surface area contributed by atoms with Gasteiger partial charge in [0.1, 0.15) is 5.75 Å². The van der Waals surface area contributed by atoms with Crippen molar-refractivity contribution in [2.45, 2.75) is 19.4 Å². The third-order valence-electron chi connectivity index (χ3n) is 2.86. The maximum absolute atomic E-state index is 6.20. The van der Waals surface area contributed by atoms with Crippen LogP contribution in [0, 0.1) is 6.92 Å². The average molecular weight is 282 g/mol. The van der Waals surface area contributed by atoms with E-state index < -0.39 is 0 Å². The Bertz CT molecular complexity index is 502. The van der Waals surface area contributed by atoms with Gasteiger partial charge >= 0.3 is 0 Å². The van der Waals surface area contributed by atoms with Gasteiger partial charge < -0.3 is 10.5 Å². The molecule has 96 valence electrons. The molecule has 0 aliphatic heterocycles. The molecule has 1 aromatic carbocycles. The molecular formula is C14H16ClNOS. The molecule has 18 heavy (non-hydrogen) atoms. The highest BCUT2D eigenvalue weighted by atomic mass is 35.5. The molecule has 2 nitrogen and oxygen atoms in total. The smallest absolute Gasteiger partial charge is 0.118 e. The molecule has 1 atom stereocenters. The summed E-state index contributed by atoms with van der Waals surface area (Å²) in [6.07, 6.45) is 0.806. The van der Waals surface area contributed by atoms with Crippen LogP contribution in [-0.4, -0.2) is 7.11 Å². The molecule has 0 amide bonds. The minimum absolute atomic E-state index is 0.00500. The fourth-order valence-corrected chi connectivity index (χ4v) is 3.00. The predicted octanol–water partition coefficient (Wildman–Crippen LogP) is 3.96. The summed E-state index contributed by atoms with van der Waals surface area (Å²) in [5.74, 6) is 0.863. The molecule has 0 aliphatic rings. The van der Waals surface area contributed by atoms with E-state index in [1.807, 2.05) is 31.2 Å². The third-order valence-corrected chi connectivity index (χ3v) is 4.54. The van der Waals surface area contributed by atoms with Crippen LogP contribution in [0.3, 0.4) is 0 Å². The Balaban J connectivity index is 2.08. The zero-order chi connectivity index (χ0) is 13.1. The van der Waals surface area contributed by atoms with Gasteiger partial charge in [0, 0.05) is 10.9 Å². The summed E-state index contributed by atoms with van der Waals surface area (Å²) in [6, 6.07) is 10.1. The van der Waals surface area contributed by atoms with Gasteiger partial charge in [-0.1, -0.05) is 23.7 Å². The van der Waals surface area contributed by atoms with Gasteiger partial charge in [-0.2, -0.15) is 0 Å². The van der Waals surface area contributed by atoms with E-state index in [0.717, 1.165) is 26.9 Å². The fraction of sp³-hybridized carbons (Fsp3) is 0.286. The van der Waals surface area contributed by atoms with Crippen LogP contribution in [0.2, 0.25) is 4.34 Å². The first-order valence-electron chi connectivity index (χ1n) is 5.74. The Labute approximate surface area is 116 Å². The molecule has 0 saturated heterocycles. The van der Waals surface area contributed by atoms with Gasteiger partial charge in [-0.15, -0.1) is 11.3 Å². The van der Waals surface area contributed by atoms with Gasteiger partial charge in [0.15, 0.2) is 0 Å². The standard InChI is InChI=1S/C14H16ClNOS/c1-9-7-13(18-14(9)15)12(16)8-10-3-5-11(17-2)6-4-10/h3-7,12H,8,16H2,1-2H3. The first-order chi connectivity index (χ1) is 8.60. The molecule has 1 heterocycles. The van der Waals surface area contributed by atoms with Crippen LogP contribution in [0.5, 0.6) is 5.75 Å². The lowest BCUT2D eigenvalue weighted by Crippen LogP contribution is -2.11. The molecular weight excluding hydrogens is 266 g/mol. The van der Waals surface area contributed by atoms with Crippen molar-refractivity contribution in [1.82, 2.24) is 0 Å². The normalized spacial score (nSPS) is 12.4. The molecule has 0 aliphatic carbocycles. The minimum Gasteiger partial charge on any atom is -0.497 e. The Hall–Kier alpha value is -1.03. The lowest BCUT2D eigenvalue weighted by molar-refractivity contribution is 0.414.